The molecule has 1 aromatic carbocycles. The second kappa shape index (κ2) is 8.18. The number of carbonyl (C=O) groups is 1. The van der Waals surface area contributed by atoms with Crippen LogP contribution in [0.4, 0.5) is 5.69 Å². The van der Waals surface area contributed by atoms with Gasteiger partial charge in [0.2, 0.25) is 5.91 Å². The summed E-state index contributed by atoms with van der Waals surface area (Å²) in [6.45, 7) is 5.04. The van der Waals surface area contributed by atoms with E-state index >= 15 is 0 Å². The predicted molar refractivity (Wildman–Crippen MR) is 93.1 cm³/mol. The van der Waals surface area contributed by atoms with Crippen molar-refractivity contribution < 1.29 is 14.3 Å². The zero-order chi connectivity index (χ0) is 16.1. The molecule has 0 unspecified atom stereocenters. The van der Waals surface area contributed by atoms with Crippen LogP contribution >= 0.6 is 11.8 Å². The molecule has 1 saturated heterocycles. The molecule has 3 rings (SSSR count). The van der Waals surface area contributed by atoms with Crippen molar-refractivity contribution in [2.45, 2.75) is 37.2 Å². The molecule has 2 heterocycles. The average Bonchev–Trinajstić information content (AvgIpc) is 2.75. The molecule has 1 fully saturated rings. The first kappa shape index (κ1) is 16.8. The summed E-state index contributed by atoms with van der Waals surface area (Å²) >= 11 is 1.85. The average molecular weight is 335 g/mol. The molecule has 0 aliphatic carbocycles. The third-order valence-corrected chi connectivity index (χ3v) is 5.70. The highest BCUT2D eigenvalue weighted by Crippen LogP contribution is 2.35. The van der Waals surface area contributed by atoms with Gasteiger partial charge in [0.05, 0.1) is 24.8 Å². The Labute approximate surface area is 142 Å². The van der Waals surface area contributed by atoms with Crippen LogP contribution in [0.2, 0.25) is 0 Å². The Balaban J connectivity index is 1.59. The predicted octanol–water partition coefficient (Wildman–Crippen LogP) is 3.35. The largest absolute Gasteiger partial charge is 0.381 e. The van der Waals surface area contributed by atoms with Crippen LogP contribution in [0.5, 0.6) is 0 Å². The Morgan fingerprint density at radius 1 is 1.35 bits per heavy atom. The van der Waals surface area contributed by atoms with E-state index in [0.29, 0.717) is 18.9 Å². The number of rotatable bonds is 4. The minimum Gasteiger partial charge on any atom is -0.381 e. The lowest BCUT2D eigenvalue weighted by Crippen LogP contribution is -2.35. The SMILES string of the molecule is C[C@@H]1CSc2ccccc2N(C(=O)CCOC2CCOCC2)C1. The quantitative estimate of drug-likeness (QED) is 0.846. The van der Waals surface area contributed by atoms with Crippen molar-refractivity contribution in [3.05, 3.63) is 24.3 Å². The van der Waals surface area contributed by atoms with E-state index in [1.807, 2.05) is 28.8 Å². The van der Waals surface area contributed by atoms with E-state index in [9.17, 15) is 4.79 Å². The summed E-state index contributed by atoms with van der Waals surface area (Å²) in [6, 6.07) is 8.21. The van der Waals surface area contributed by atoms with Gasteiger partial charge in [0.15, 0.2) is 0 Å². The first-order chi connectivity index (χ1) is 11.2. The number of anilines is 1. The lowest BCUT2D eigenvalue weighted by Gasteiger charge is -2.26. The topological polar surface area (TPSA) is 38.8 Å². The third kappa shape index (κ3) is 4.49. The highest BCUT2D eigenvalue weighted by Gasteiger charge is 2.24. The van der Waals surface area contributed by atoms with Gasteiger partial charge in [-0.1, -0.05) is 19.1 Å². The lowest BCUT2D eigenvalue weighted by atomic mass is 10.1. The number of hydrogen-bond acceptors (Lipinski definition) is 4. The number of amides is 1. The Kier molecular flexibility index (Phi) is 5.97. The van der Waals surface area contributed by atoms with Gasteiger partial charge in [-0.2, -0.15) is 0 Å². The first-order valence-corrected chi connectivity index (χ1v) is 9.44. The van der Waals surface area contributed by atoms with E-state index in [4.69, 9.17) is 9.47 Å². The standard InChI is InChI=1S/C18H25NO3S/c1-14-12-19(16-4-2-3-5-17(16)23-13-14)18(20)8-11-22-15-6-9-21-10-7-15/h2-5,14-15H,6-13H2,1H3/t14-/m0/s1. The molecule has 23 heavy (non-hydrogen) atoms. The molecule has 2 aliphatic heterocycles. The molecule has 1 aromatic rings. The van der Waals surface area contributed by atoms with Crippen LogP contribution in [-0.2, 0) is 14.3 Å². The van der Waals surface area contributed by atoms with Crippen LogP contribution in [0, 0.1) is 5.92 Å². The number of thioether (sulfide) groups is 1. The fraction of sp³-hybridized carbons (Fsp3) is 0.611. The van der Waals surface area contributed by atoms with Gasteiger partial charge < -0.3 is 14.4 Å². The Bertz CT molecular complexity index is 531. The molecule has 0 saturated carbocycles. The molecule has 2 aliphatic rings. The molecule has 0 aromatic heterocycles. The monoisotopic (exact) mass is 335 g/mol. The molecule has 1 atom stereocenters. The van der Waals surface area contributed by atoms with Crippen LogP contribution in [0.25, 0.3) is 0 Å². The zero-order valence-electron chi connectivity index (χ0n) is 13.7. The van der Waals surface area contributed by atoms with Gasteiger partial charge in [0.25, 0.3) is 0 Å². The molecule has 0 spiro atoms. The molecule has 0 radical (unpaired) electrons. The van der Waals surface area contributed by atoms with Gasteiger partial charge in [-0.15, -0.1) is 11.8 Å². The van der Waals surface area contributed by atoms with Crippen molar-refractivity contribution in [2.75, 3.05) is 37.0 Å². The Hall–Kier alpha value is -1.04. The molecule has 0 N–H and O–H groups in total. The van der Waals surface area contributed by atoms with Gasteiger partial charge in [-0.3, -0.25) is 4.79 Å². The second-order valence-corrected chi connectivity index (χ2v) is 7.38. The number of benzene rings is 1. The number of ether oxygens (including phenoxy) is 2. The van der Waals surface area contributed by atoms with E-state index in [2.05, 4.69) is 19.1 Å². The Morgan fingerprint density at radius 3 is 2.96 bits per heavy atom. The van der Waals surface area contributed by atoms with Crippen molar-refractivity contribution in [2.24, 2.45) is 5.92 Å². The molecule has 1 amide bonds. The summed E-state index contributed by atoms with van der Waals surface area (Å²) in [6.07, 6.45) is 2.58. The van der Waals surface area contributed by atoms with Crippen molar-refractivity contribution in [1.29, 1.82) is 0 Å². The minimum atomic E-state index is 0.166. The van der Waals surface area contributed by atoms with Gasteiger partial charge in [-0.05, 0) is 30.9 Å². The van der Waals surface area contributed by atoms with Crippen molar-refractivity contribution in [3.63, 3.8) is 0 Å². The lowest BCUT2D eigenvalue weighted by molar-refractivity contribution is -0.120. The minimum absolute atomic E-state index is 0.166. The van der Waals surface area contributed by atoms with E-state index in [1.165, 1.54) is 4.90 Å². The van der Waals surface area contributed by atoms with Crippen LogP contribution in [0.1, 0.15) is 26.2 Å². The fourth-order valence-corrected chi connectivity index (χ4v) is 4.09. The number of nitrogens with zero attached hydrogens (tertiary/aromatic N) is 1. The van der Waals surface area contributed by atoms with Crippen LogP contribution in [0.3, 0.4) is 0 Å². The van der Waals surface area contributed by atoms with Gasteiger partial charge >= 0.3 is 0 Å². The fourth-order valence-electron chi connectivity index (χ4n) is 3.02. The van der Waals surface area contributed by atoms with Crippen LogP contribution in [-0.4, -0.2) is 44.1 Å². The highest BCUT2D eigenvalue weighted by atomic mass is 32.2. The number of carbonyl (C=O) groups excluding carboxylic acids is 1. The van der Waals surface area contributed by atoms with Crippen molar-refractivity contribution in [3.8, 4) is 0 Å². The van der Waals surface area contributed by atoms with E-state index < -0.39 is 0 Å². The molecule has 5 heteroatoms. The number of para-hydroxylation sites is 1. The molecule has 126 valence electrons. The normalized spacial score (nSPS) is 22.5. The summed E-state index contributed by atoms with van der Waals surface area (Å²) in [5.74, 6) is 1.71. The maximum absolute atomic E-state index is 12.7. The van der Waals surface area contributed by atoms with Gasteiger partial charge in [0, 0.05) is 30.4 Å². The number of fused-ring (bicyclic) bond motifs is 1. The van der Waals surface area contributed by atoms with Crippen LogP contribution < -0.4 is 4.90 Å². The summed E-state index contributed by atoms with van der Waals surface area (Å²) in [5.41, 5.74) is 1.05. The van der Waals surface area contributed by atoms with Crippen LogP contribution in [0.15, 0.2) is 29.2 Å². The van der Waals surface area contributed by atoms with Crippen molar-refractivity contribution >= 4 is 23.4 Å². The highest BCUT2D eigenvalue weighted by molar-refractivity contribution is 7.99. The summed E-state index contributed by atoms with van der Waals surface area (Å²) in [7, 11) is 0. The third-order valence-electron chi connectivity index (χ3n) is 4.31. The summed E-state index contributed by atoms with van der Waals surface area (Å²) < 4.78 is 11.2. The molecule has 0 bridgehead atoms. The molecular weight excluding hydrogens is 310 g/mol. The van der Waals surface area contributed by atoms with Gasteiger partial charge in [0.1, 0.15) is 0 Å². The molecular formula is C18H25NO3S. The first-order valence-electron chi connectivity index (χ1n) is 8.45. The van der Waals surface area contributed by atoms with E-state index in [-0.39, 0.29) is 12.0 Å². The zero-order valence-corrected chi connectivity index (χ0v) is 14.5. The Morgan fingerprint density at radius 2 is 2.13 bits per heavy atom. The van der Waals surface area contributed by atoms with Crippen molar-refractivity contribution in [1.82, 2.24) is 0 Å². The smallest absolute Gasteiger partial charge is 0.229 e. The second-order valence-electron chi connectivity index (χ2n) is 6.32. The van der Waals surface area contributed by atoms with Gasteiger partial charge in [-0.25, -0.2) is 0 Å². The molecule has 4 nitrogen and oxygen atoms in total. The summed E-state index contributed by atoms with van der Waals surface area (Å²) in [5, 5.41) is 0. The number of hydrogen-bond donors (Lipinski definition) is 0. The van der Waals surface area contributed by atoms with E-state index in [0.717, 1.165) is 44.0 Å². The van der Waals surface area contributed by atoms with E-state index in [1.54, 1.807) is 0 Å². The summed E-state index contributed by atoms with van der Waals surface area (Å²) in [4.78, 5) is 15.9. The maximum Gasteiger partial charge on any atom is 0.229 e. The maximum atomic E-state index is 12.7.